The van der Waals surface area contributed by atoms with Crippen LogP contribution in [0.5, 0.6) is 0 Å². The van der Waals surface area contributed by atoms with E-state index in [-0.39, 0.29) is 36.5 Å². The molecule has 1 aromatic rings. The number of nitrogens with one attached hydrogen (secondary N) is 1. The summed E-state index contributed by atoms with van der Waals surface area (Å²) >= 11 is 1.58. The van der Waals surface area contributed by atoms with E-state index in [0.29, 0.717) is 0 Å². The number of carbonyl (C=O) groups is 2. The van der Waals surface area contributed by atoms with E-state index < -0.39 is 0 Å². The molecule has 3 atom stereocenters. The van der Waals surface area contributed by atoms with Crippen LogP contribution in [-0.4, -0.2) is 35.3 Å². The van der Waals surface area contributed by atoms with E-state index >= 15 is 0 Å². The molecule has 6 heteroatoms. The summed E-state index contributed by atoms with van der Waals surface area (Å²) in [4.78, 5) is 25.1. The third-order valence-electron chi connectivity index (χ3n) is 3.21. The van der Waals surface area contributed by atoms with Gasteiger partial charge in [0, 0.05) is 6.04 Å². The molecule has 98 valence electrons. The van der Waals surface area contributed by atoms with Crippen molar-refractivity contribution in [2.75, 3.05) is 6.54 Å². The van der Waals surface area contributed by atoms with E-state index in [1.54, 1.807) is 18.3 Å². The smallest absolute Gasteiger partial charge is 0.243 e. The monoisotopic (exact) mass is 267 g/mol. The SMILES string of the molecule is CC(N)C(c1ccsc1)N1CC(=O)NC(=O)C1C. The molecule has 0 aliphatic carbocycles. The van der Waals surface area contributed by atoms with Gasteiger partial charge in [-0.1, -0.05) is 0 Å². The largest absolute Gasteiger partial charge is 0.326 e. The highest BCUT2D eigenvalue weighted by Crippen LogP contribution is 2.28. The van der Waals surface area contributed by atoms with Crippen molar-refractivity contribution in [3.8, 4) is 0 Å². The number of thiophene rings is 1. The summed E-state index contributed by atoms with van der Waals surface area (Å²) in [6.45, 7) is 3.89. The minimum atomic E-state index is -0.349. The normalized spacial score (nSPS) is 24.7. The van der Waals surface area contributed by atoms with E-state index in [1.807, 2.05) is 28.7 Å². The topological polar surface area (TPSA) is 75.4 Å². The maximum atomic E-state index is 11.7. The standard InChI is InChI=1S/C12H17N3O2S/c1-7(13)11(9-3-4-18-6-9)15-5-10(16)14-12(17)8(15)2/h3-4,6-8,11H,5,13H2,1-2H3,(H,14,16,17). The third kappa shape index (κ3) is 2.45. The Bertz CT molecular complexity index is 444. The Morgan fingerprint density at radius 1 is 1.56 bits per heavy atom. The van der Waals surface area contributed by atoms with E-state index in [1.165, 1.54) is 0 Å². The molecule has 3 unspecified atom stereocenters. The minimum absolute atomic E-state index is 0.110. The molecule has 1 saturated heterocycles. The molecule has 2 heterocycles. The lowest BCUT2D eigenvalue weighted by molar-refractivity contribution is -0.141. The summed E-state index contributed by atoms with van der Waals surface area (Å²) in [6.07, 6.45) is 0. The Hall–Kier alpha value is -1.24. The first-order valence-corrected chi connectivity index (χ1v) is 6.82. The predicted octanol–water partition coefficient (Wildman–Crippen LogP) is 0.483. The zero-order chi connectivity index (χ0) is 13.3. The predicted molar refractivity (Wildman–Crippen MR) is 70.0 cm³/mol. The maximum absolute atomic E-state index is 11.7. The lowest BCUT2D eigenvalue weighted by Crippen LogP contribution is -2.59. The van der Waals surface area contributed by atoms with Gasteiger partial charge in [-0.2, -0.15) is 11.3 Å². The Morgan fingerprint density at radius 3 is 2.83 bits per heavy atom. The summed E-state index contributed by atoms with van der Waals surface area (Å²) in [6, 6.07) is 1.38. The number of nitrogens with zero attached hydrogens (tertiary/aromatic N) is 1. The van der Waals surface area contributed by atoms with Crippen LogP contribution in [0.4, 0.5) is 0 Å². The van der Waals surface area contributed by atoms with Crippen LogP contribution in [0.1, 0.15) is 25.5 Å². The van der Waals surface area contributed by atoms with Crippen LogP contribution in [0.3, 0.4) is 0 Å². The lowest BCUT2D eigenvalue weighted by atomic mass is 9.99. The molecule has 1 aliphatic rings. The highest BCUT2D eigenvalue weighted by Gasteiger charge is 2.37. The van der Waals surface area contributed by atoms with Gasteiger partial charge >= 0.3 is 0 Å². The Morgan fingerprint density at radius 2 is 2.28 bits per heavy atom. The van der Waals surface area contributed by atoms with Gasteiger partial charge < -0.3 is 5.73 Å². The molecule has 1 aromatic heterocycles. The fourth-order valence-corrected chi connectivity index (χ4v) is 3.00. The van der Waals surface area contributed by atoms with Gasteiger partial charge in [-0.15, -0.1) is 0 Å². The molecule has 3 N–H and O–H groups in total. The van der Waals surface area contributed by atoms with Crippen LogP contribution in [0, 0.1) is 0 Å². The second-order valence-electron chi connectivity index (χ2n) is 4.62. The van der Waals surface area contributed by atoms with Gasteiger partial charge in [0.25, 0.3) is 0 Å². The van der Waals surface area contributed by atoms with E-state index in [9.17, 15) is 9.59 Å². The van der Waals surface area contributed by atoms with Crippen molar-refractivity contribution < 1.29 is 9.59 Å². The highest BCUT2D eigenvalue weighted by molar-refractivity contribution is 7.07. The second-order valence-corrected chi connectivity index (χ2v) is 5.40. The maximum Gasteiger partial charge on any atom is 0.243 e. The molecular weight excluding hydrogens is 250 g/mol. The highest BCUT2D eigenvalue weighted by atomic mass is 32.1. The zero-order valence-electron chi connectivity index (χ0n) is 10.4. The number of piperazine rings is 1. The van der Waals surface area contributed by atoms with Crippen LogP contribution in [0.15, 0.2) is 16.8 Å². The van der Waals surface area contributed by atoms with Gasteiger partial charge in [-0.3, -0.25) is 19.8 Å². The Labute approximate surface area is 110 Å². The summed E-state index contributed by atoms with van der Waals surface area (Å²) in [5, 5.41) is 6.33. The average molecular weight is 267 g/mol. The van der Waals surface area contributed by atoms with Gasteiger partial charge in [0.2, 0.25) is 11.8 Å². The van der Waals surface area contributed by atoms with Crippen LogP contribution in [0.2, 0.25) is 0 Å². The van der Waals surface area contributed by atoms with Gasteiger partial charge in [0.1, 0.15) is 0 Å². The molecule has 0 radical (unpaired) electrons. The molecule has 2 rings (SSSR count). The van der Waals surface area contributed by atoms with Gasteiger partial charge in [-0.05, 0) is 36.2 Å². The number of carbonyl (C=O) groups excluding carboxylic acids is 2. The average Bonchev–Trinajstić information content (AvgIpc) is 2.78. The van der Waals surface area contributed by atoms with Gasteiger partial charge in [0.05, 0.1) is 18.6 Å². The molecule has 2 amide bonds. The first-order valence-electron chi connectivity index (χ1n) is 5.88. The molecular formula is C12H17N3O2S. The van der Waals surface area contributed by atoms with Crippen LogP contribution >= 0.6 is 11.3 Å². The molecule has 0 aromatic carbocycles. The lowest BCUT2D eigenvalue weighted by Gasteiger charge is -2.39. The third-order valence-corrected chi connectivity index (χ3v) is 3.91. The minimum Gasteiger partial charge on any atom is -0.326 e. The molecule has 1 aliphatic heterocycles. The van der Waals surface area contributed by atoms with Gasteiger partial charge in [-0.25, -0.2) is 0 Å². The second kappa shape index (κ2) is 5.17. The molecule has 0 saturated carbocycles. The van der Waals surface area contributed by atoms with Crippen molar-refractivity contribution in [2.45, 2.75) is 32.0 Å². The van der Waals surface area contributed by atoms with Crippen molar-refractivity contribution in [1.29, 1.82) is 0 Å². The first kappa shape index (κ1) is 13.2. The quantitative estimate of drug-likeness (QED) is 0.781. The first-order chi connectivity index (χ1) is 8.50. The molecule has 1 fully saturated rings. The number of hydrogen-bond donors (Lipinski definition) is 2. The molecule has 18 heavy (non-hydrogen) atoms. The summed E-state index contributed by atoms with van der Waals surface area (Å²) in [7, 11) is 0. The van der Waals surface area contributed by atoms with Crippen LogP contribution in [-0.2, 0) is 9.59 Å². The Balaban J connectivity index is 2.30. The number of amides is 2. The zero-order valence-corrected chi connectivity index (χ0v) is 11.2. The Kier molecular flexibility index (Phi) is 3.79. The van der Waals surface area contributed by atoms with E-state index in [0.717, 1.165) is 5.56 Å². The summed E-state index contributed by atoms with van der Waals surface area (Å²) in [5.74, 6) is -0.522. The van der Waals surface area contributed by atoms with Crippen LogP contribution in [0.25, 0.3) is 0 Å². The van der Waals surface area contributed by atoms with Crippen molar-refractivity contribution in [1.82, 2.24) is 10.2 Å². The molecule has 0 spiro atoms. The number of imide groups is 1. The van der Waals surface area contributed by atoms with Crippen molar-refractivity contribution in [3.05, 3.63) is 22.4 Å². The van der Waals surface area contributed by atoms with Crippen molar-refractivity contribution >= 4 is 23.2 Å². The molecule has 5 nitrogen and oxygen atoms in total. The van der Waals surface area contributed by atoms with E-state index in [2.05, 4.69) is 5.32 Å². The number of nitrogens with two attached hydrogens (primary N) is 1. The molecule has 0 bridgehead atoms. The fraction of sp³-hybridized carbons (Fsp3) is 0.500. The number of hydrogen-bond acceptors (Lipinski definition) is 5. The summed E-state index contributed by atoms with van der Waals surface area (Å²) < 4.78 is 0. The van der Waals surface area contributed by atoms with E-state index in [4.69, 9.17) is 5.73 Å². The van der Waals surface area contributed by atoms with Crippen molar-refractivity contribution in [3.63, 3.8) is 0 Å². The van der Waals surface area contributed by atoms with Crippen molar-refractivity contribution in [2.24, 2.45) is 5.73 Å². The number of rotatable bonds is 3. The van der Waals surface area contributed by atoms with Crippen LogP contribution < -0.4 is 11.1 Å². The summed E-state index contributed by atoms with van der Waals surface area (Å²) in [5.41, 5.74) is 7.09. The van der Waals surface area contributed by atoms with Gasteiger partial charge in [0.15, 0.2) is 0 Å². The fourth-order valence-electron chi connectivity index (χ4n) is 2.31.